The molecule has 0 aromatic rings. The topological polar surface area (TPSA) is 237 Å². The van der Waals surface area contributed by atoms with Crippen molar-refractivity contribution >= 4 is 39.5 Å². The molecule has 0 aromatic carbocycles. The summed E-state index contributed by atoms with van der Waals surface area (Å²) in [4.78, 5) is 73.2. The van der Waals surface area contributed by atoms with Crippen molar-refractivity contribution in [2.45, 2.75) is 465 Å². The van der Waals surface area contributed by atoms with E-state index in [2.05, 4.69) is 55.4 Å². The van der Waals surface area contributed by atoms with Crippen LogP contribution in [0, 0.1) is 23.7 Å². The van der Waals surface area contributed by atoms with E-state index in [9.17, 15) is 43.2 Å². The smallest absolute Gasteiger partial charge is 0.462 e. The van der Waals surface area contributed by atoms with Crippen LogP contribution >= 0.6 is 15.6 Å². The summed E-state index contributed by atoms with van der Waals surface area (Å²) in [5, 5.41) is 10.7. The molecule has 0 saturated carbocycles. The largest absolute Gasteiger partial charge is 0.472 e. The summed E-state index contributed by atoms with van der Waals surface area (Å²) in [5.41, 5.74) is 0. The van der Waals surface area contributed by atoms with Gasteiger partial charge in [0, 0.05) is 25.7 Å². The quantitative estimate of drug-likeness (QED) is 0.0222. The minimum atomic E-state index is -4.97. The second-order valence-electron chi connectivity index (χ2n) is 32.6. The van der Waals surface area contributed by atoms with E-state index in [0.29, 0.717) is 31.6 Å². The molecule has 19 heteroatoms. The Labute approximate surface area is 645 Å². The number of hydrogen-bond donors (Lipinski definition) is 3. The van der Waals surface area contributed by atoms with Gasteiger partial charge in [-0.3, -0.25) is 37.3 Å². The normalized spacial score (nSPS) is 14.2. The maximum absolute atomic E-state index is 13.1. The van der Waals surface area contributed by atoms with E-state index in [0.717, 1.165) is 114 Å². The summed E-state index contributed by atoms with van der Waals surface area (Å²) in [6.45, 7) is 14.3. The molecule has 0 heterocycles. The molecule has 105 heavy (non-hydrogen) atoms. The molecule has 0 bridgehead atoms. The third-order valence-electron chi connectivity index (χ3n) is 20.4. The monoisotopic (exact) mass is 1540 g/mol. The predicted molar refractivity (Wildman–Crippen MR) is 432 cm³/mol. The Morgan fingerprint density at radius 3 is 0.676 bits per heavy atom. The first-order chi connectivity index (χ1) is 50.6. The fourth-order valence-corrected chi connectivity index (χ4v) is 14.9. The van der Waals surface area contributed by atoms with Gasteiger partial charge in [0.05, 0.1) is 26.4 Å². The van der Waals surface area contributed by atoms with Crippen molar-refractivity contribution in [3.05, 3.63) is 0 Å². The Hall–Kier alpha value is -1.94. The summed E-state index contributed by atoms with van der Waals surface area (Å²) in [7, 11) is -9.93. The number of hydrogen-bond acceptors (Lipinski definition) is 15. The van der Waals surface area contributed by atoms with Gasteiger partial charge in [-0.2, -0.15) is 0 Å². The standard InChI is InChI=1S/C86H168O17P2/c1-9-79(8)65-57-49-41-33-27-20-16-12-10-11-13-17-22-29-35-43-52-60-68-85(90)102-81(72-96-83(88)66-58-50-42-34-28-21-18-14-15-19-25-31-38-46-54-62-76(2)3)74-100-104(92,93)98-70-80(87)71-99-105(94,95)101-75-82(73-97-84(89)67-59-51-45-37-40-48-56-64-78(6)7)103-86(91)69-61-53-44-36-30-24-23-26-32-39-47-55-63-77(4)5/h76-82,87H,9-75H2,1-8H3,(H,92,93)(H,94,95)/t79?,80?,81-,82-/m1/s1. The van der Waals surface area contributed by atoms with Crippen LogP contribution in [0.1, 0.15) is 447 Å². The second-order valence-corrected chi connectivity index (χ2v) is 35.5. The van der Waals surface area contributed by atoms with Gasteiger partial charge >= 0.3 is 39.5 Å². The molecule has 0 radical (unpaired) electrons. The molecule has 0 rings (SSSR count). The average Bonchev–Trinajstić information content (AvgIpc) is 0.914. The lowest BCUT2D eigenvalue weighted by atomic mass is 9.99. The van der Waals surface area contributed by atoms with E-state index in [1.807, 2.05) is 0 Å². The molecule has 0 aromatic heterocycles. The average molecular weight is 1540 g/mol. The zero-order valence-electron chi connectivity index (χ0n) is 69.4. The zero-order chi connectivity index (χ0) is 77.4. The molecule has 0 fully saturated rings. The van der Waals surface area contributed by atoms with Crippen molar-refractivity contribution in [1.29, 1.82) is 0 Å². The Bertz CT molecular complexity index is 2040. The first-order valence-corrected chi connectivity index (χ1v) is 47.2. The highest BCUT2D eigenvalue weighted by Crippen LogP contribution is 2.45. The Balaban J connectivity index is 5.23. The minimum absolute atomic E-state index is 0.106. The van der Waals surface area contributed by atoms with Crippen molar-refractivity contribution in [3.63, 3.8) is 0 Å². The van der Waals surface area contributed by atoms with E-state index in [-0.39, 0.29) is 25.7 Å². The number of phosphoric acid groups is 2. The summed E-state index contributed by atoms with van der Waals surface area (Å²) in [5.74, 6) is 1.05. The lowest BCUT2D eigenvalue weighted by Gasteiger charge is -2.21. The van der Waals surface area contributed by atoms with Crippen LogP contribution in [0.15, 0.2) is 0 Å². The maximum atomic E-state index is 13.1. The lowest BCUT2D eigenvalue weighted by molar-refractivity contribution is -0.161. The van der Waals surface area contributed by atoms with Crippen molar-refractivity contribution in [1.82, 2.24) is 0 Å². The van der Waals surface area contributed by atoms with Crippen LogP contribution in [0.25, 0.3) is 0 Å². The SMILES string of the molecule is CCC(C)CCCCCCCCCCCCCCCCCCCCC(=O)O[C@H](COC(=O)CCCCCCCCCCCCCCCCCC(C)C)COP(=O)(O)OCC(O)COP(=O)(O)OC[C@@H](COC(=O)CCCCCCCCCC(C)C)OC(=O)CCCCCCCCCCCCCCC(C)C. The van der Waals surface area contributed by atoms with Crippen LogP contribution in [0.4, 0.5) is 0 Å². The van der Waals surface area contributed by atoms with E-state index >= 15 is 0 Å². The highest BCUT2D eigenvalue weighted by molar-refractivity contribution is 7.47. The van der Waals surface area contributed by atoms with Crippen molar-refractivity contribution in [3.8, 4) is 0 Å². The first-order valence-electron chi connectivity index (χ1n) is 44.2. The number of esters is 4. The van der Waals surface area contributed by atoms with Crippen LogP contribution < -0.4 is 0 Å². The second kappa shape index (κ2) is 74.8. The fourth-order valence-electron chi connectivity index (χ4n) is 13.3. The van der Waals surface area contributed by atoms with Crippen LogP contribution in [-0.2, 0) is 65.4 Å². The van der Waals surface area contributed by atoms with Crippen molar-refractivity contribution in [2.24, 2.45) is 23.7 Å². The number of carbonyl (C=O) groups is 4. The summed E-state index contributed by atoms with van der Waals surface area (Å²) in [6.07, 6.45) is 63.9. The van der Waals surface area contributed by atoms with Crippen molar-refractivity contribution in [2.75, 3.05) is 39.6 Å². The molecule has 6 atom stereocenters. The van der Waals surface area contributed by atoms with Gasteiger partial charge in [0.1, 0.15) is 19.3 Å². The Morgan fingerprint density at radius 2 is 0.457 bits per heavy atom. The van der Waals surface area contributed by atoms with E-state index < -0.39 is 97.5 Å². The zero-order valence-corrected chi connectivity index (χ0v) is 71.2. The molecular formula is C86H168O17P2. The van der Waals surface area contributed by atoms with Gasteiger partial charge < -0.3 is 33.8 Å². The number of rotatable bonds is 83. The third-order valence-corrected chi connectivity index (χ3v) is 22.3. The van der Waals surface area contributed by atoms with E-state index in [4.69, 9.17) is 37.0 Å². The minimum Gasteiger partial charge on any atom is -0.462 e. The Morgan fingerprint density at radius 1 is 0.267 bits per heavy atom. The van der Waals surface area contributed by atoms with Gasteiger partial charge in [-0.15, -0.1) is 0 Å². The number of aliphatic hydroxyl groups excluding tert-OH is 1. The van der Waals surface area contributed by atoms with Crippen LogP contribution in [0.5, 0.6) is 0 Å². The van der Waals surface area contributed by atoms with Gasteiger partial charge in [0.25, 0.3) is 0 Å². The number of ether oxygens (including phenoxy) is 4. The molecule has 0 aliphatic heterocycles. The van der Waals surface area contributed by atoms with Crippen molar-refractivity contribution < 1.29 is 80.2 Å². The number of unbranched alkanes of at least 4 members (excludes halogenated alkanes) is 48. The van der Waals surface area contributed by atoms with Gasteiger partial charge in [-0.05, 0) is 49.4 Å². The summed E-state index contributed by atoms with van der Waals surface area (Å²) in [6, 6.07) is 0. The summed E-state index contributed by atoms with van der Waals surface area (Å²) >= 11 is 0. The molecule has 0 aliphatic carbocycles. The van der Waals surface area contributed by atoms with Crippen LogP contribution in [0.2, 0.25) is 0 Å². The van der Waals surface area contributed by atoms with Gasteiger partial charge in [-0.25, -0.2) is 9.13 Å². The van der Waals surface area contributed by atoms with Gasteiger partial charge in [0.15, 0.2) is 12.2 Å². The molecule has 4 unspecified atom stereocenters. The third kappa shape index (κ3) is 78.5. The van der Waals surface area contributed by atoms with Crippen LogP contribution in [0.3, 0.4) is 0 Å². The van der Waals surface area contributed by atoms with Gasteiger partial charge in [0.2, 0.25) is 0 Å². The number of phosphoric ester groups is 2. The van der Waals surface area contributed by atoms with Crippen LogP contribution in [-0.4, -0.2) is 96.7 Å². The predicted octanol–water partition coefficient (Wildman–Crippen LogP) is 25.9. The Kier molecular flexibility index (Phi) is 73.4. The molecule has 3 N–H and O–H groups in total. The maximum Gasteiger partial charge on any atom is 0.472 e. The summed E-state index contributed by atoms with van der Waals surface area (Å²) < 4.78 is 68.9. The molecule has 0 saturated heterocycles. The molecular weight excluding hydrogens is 1370 g/mol. The lowest BCUT2D eigenvalue weighted by Crippen LogP contribution is -2.30. The molecule has 0 spiro atoms. The first kappa shape index (κ1) is 103. The number of carbonyl (C=O) groups excluding carboxylic acids is 4. The van der Waals surface area contributed by atoms with E-state index in [1.54, 1.807) is 0 Å². The number of aliphatic hydroxyl groups is 1. The van der Waals surface area contributed by atoms with E-state index in [1.165, 1.54) is 244 Å². The molecule has 624 valence electrons. The van der Waals surface area contributed by atoms with Gasteiger partial charge in [-0.1, -0.05) is 396 Å². The molecule has 0 aliphatic rings. The fraction of sp³-hybridized carbons (Fsp3) is 0.953. The molecule has 0 amide bonds. The highest BCUT2D eigenvalue weighted by Gasteiger charge is 2.31. The highest BCUT2D eigenvalue weighted by atomic mass is 31.2. The molecule has 17 nitrogen and oxygen atoms in total.